The molecule has 1 aliphatic rings. The molecule has 2 N–H and O–H groups in total. The van der Waals surface area contributed by atoms with Gasteiger partial charge in [-0.2, -0.15) is 13.2 Å². The number of piperidine rings is 1. The van der Waals surface area contributed by atoms with Crippen molar-refractivity contribution in [3.05, 3.63) is 29.8 Å². The molecule has 0 bridgehead atoms. The van der Waals surface area contributed by atoms with Gasteiger partial charge < -0.3 is 10.2 Å². The van der Waals surface area contributed by atoms with Crippen molar-refractivity contribution < 1.29 is 18.0 Å². The third-order valence-corrected chi connectivity index (χ3v) is 4.91. The van der Waals surface area contributed by atoms with Gasteiger partial charge in [-0.3, -0.25) is 5.32 Å². The van der Waals surface area contributed by atoms with Crippen LogP contribution in [-0.2, 0) is 6.18 Å². The van der Waals surface area contributed by atoms with Crippen LogP contribution in [-0.4, -0.2) is 29.3 Å². The monoisotopic (exact) mass is 385 g/mol. The third-order valence-electron chi connectivity index (χ3n) is 4.01. The van der Waals surface area contributed by atoms with Crippen molar-refractivity contribution in [2.75, 3.05) is 28.6 Å². The van der Waals surface area contributed by atoms with Crippen molar-refractivity contribution in [2.45, 2.75) is 25.9 Å². The summed E-state index contributed by atoms with van der Waals surface area (Å²) < 4.78 is 38.1. The number of nitrogens with zero attached hydrogens (tertiary/aromatic N) is 3. The largest absolute Gasteiger partial charge is 0.416 e. The normalized spacial score (nSPS) is 17.8. The summed E-state index contributed by atoms with van der Waals surface area (Å²) in [6, 6.07) is 3.77. The number of carbonyl (C=O) groups excluding carboxylic acids is 1. The Balaban J connectivity index is 1.60. The van der Waals surface area contributed by atoms with Crippen LogP contribution in [0.25, 0.3) is 0 Å². The van der Waals surface area contributed by atoms with Gasteiger partial charge in [0, 0.05) is 18.8 Å². The number of carbonyl (C=O) groups is 1. The molecule has 1 aliphatic heterocycles. The van der Waals surface area contributed by atoms with Gasteiger partial charge in [-0.1, -0.05) is 24.3 Å². The van der Waals surface area contributed by atoms with Gasteiger partial charge in [0.2, 0.25) is 10.3 Å². The highest BCUT2D eigenvalue weighted by atomic mass is 32.1. The van der Waals surface area contributed by atoms with E-state index in [0.717, 1.165) is 36.8 Å². The van der Waals surface area contributed by atoms with E-state index in [1.807, 2.05) is 0 Å². The van der Waals surface area contributed by atoms with Gasteiger partial charge in [-0.15, -0.1) is 10.2 Å². The number of amides is 2. The third kappa shape index (κ3) is 4.63. The molecule has 6 nitrogen and oxygen atoms in total. The van der Waals surface area contributed by atoms with E-state index in [-0.39, 0.29) is 5.69 Å². The summed E-state index contributed by atoms with van der Waals surface area (Å²) in [5, 5.41) is 13.9. The Labute approximate surface area is 152 Å². The number of alkyl halides is 3. The van der Waals surface area contributed by atoms with Crippen LogP contribution in [0.15, 0.2) is 24.3 Å². The Bertz CT molecular complexity index is 779. The number of urea groups is 1. The van der Waals surface area contributed by atoms with E-state index in [9.17, 15) is 18.0 Å². The van der Waals surface area contributed by atoms with Gasteiger partial charge in [0.15, 0.2) is 0 Å². The summed E-state index contributed by atoms with van der Waals surface area (Å²) in [6.45, 7) is 3.97. The van der Waals surface area contributed by atoms with Gasteiger partial charge in [0.1, 0.15) is 0 Å². The van der Waals surface area contributed by atoms with E-state index in [4.69, 9.17) is 0 Å². The fourth-order valence-corrected chi connectivity index (χ4v) is 3.56. The van der Waals surface area contributed by atoms with Gasteiger partial charge in [0.05, 0.1) is 5.56 Å². The fraction of sp³-hybridized carbons (Fsp3) is 0.438. The predicted octanol–water partition coefficient (Wildman–Crippen LogP) is 4.44. The molecule has 1 atom stereocenters. The second-order valence-electron chi connectivity index (χ2n) is 6.24. The molecule has 0 saturated carbocycles. The second-order valence-corrected chi connectivity index (χ2v) is 7.20. The number of benzene rings is 1. The standard InChI is InChI=1S/C16H18F3N5OS/c1-10-4-3-7-24(9-10)15-23-22-14(26-15)21-13(25)20-12-6-2-5-11(8-12)16(17,18)19/h2,5-6,8,10H,3-4,7,9H2,1H3,(H2,20,21,22,25)/t10-/m0/s1. The maximum absolute atomic E-state index is 12.7. The van der Waals surface area contributed by atoms with Gasteiger partial charge in [-0.25, -0.2) is 4.79 Å². The summed E-state index contributed by atoms with van der Waals surface area (Å²) in [5.41, 5.74) is -0.778. The minimum Gasteiger partial charge on any atom is -0.346 e. The quantitative estimate of drug-likeness (QED) is 0.820. The van der Waals surface area contributed by atoms with E-state index in [2.05, 4.69) is 32.7 Å². The van der Waals surface area contributed by atoms with E-state index in [0.29, 0.717) is 11.0 Å². The summed E-state index contributed by atoms with van der Waals surface area (Å²) >= 11 is 1.24. The maximum atomic E-state index is 12.7. The molecule has 0 unspecified atom stereocenters. The molecule has 1 aromatic carbocycles. The van der Waals surface area contributed by atoms with Crippen LogP contribution in [0, 0.1) is 5.92 Å². The molecule has 1 aromatic heterocycles. The Morgan fingerprint density at radius 2 is 2.12 bits per heavy atom. The summed E-state index contributed by atoms with van der Waals surface area (Å²) in [7, 11) is 0. The zero-order valence-electron chi connectivity index (χ0n) is 14.0. The molecule has 26 heavy (non-hydrogen) atoms. The average molecular weight is 385 g/mol. The van der Waals surface area contributed by atoms with E-state index >= 15 is 0 Å². The molecule has 2 heterocycles. The van der Waals surface area contributed by atoms with Crippen molar-refractivity contribution in [1.29, 1.82) is 0 Å². The summed E-state index contributed by atoms with van der Waals surface area (Å²) in [4.78, 5) is 14.1. The van der Waals surface area contributed by atoms with E-state index in [1.165, 1.54) is 29.9 Å². The summed E-state index contributed by atoms with van der Waals surface area (Å²) in [5.74, 6) is 0.577. The van der Waals surface area contributed by atoms with Crippen LogP contribution in [0.3, 0.4) is 0 Å². The average Bonchev–Trinajstić information content (AvgIpc) is 3.02. The molecule has 0 spiro atoms. The SMILES string of the molecule is C[C@H]1CCCN(c2nnc(NC(=O)Nc3cccc(C(F)(F)F)c3)s2)C1. The number of anilines is 3. The van der Waals surface area contributed by atoms with Crippen LogP contribution < -0.4 is 15.5 Å². The maximum Gasteiger partial charge on any atom is 0.416 e. The number of aromatic nitrogens is 2. The first-order chi connectivity index (χ1) is 12.3. The zero-order valence-corrected chi connectivity index (χ0v) is 14.8. The first-order valence-corrected chi connectivity index (χ1v) is 8.96. The smallest absolute Gasteiger partial charge is 0.346 e. The molecule has 10 heteroatoms. The fourth-order valence-electron chi connectivity index (χ4n) is 2.79. The van der Waals surface area contributed by atoms with Crippen LogP contribution in [0.4, 0.5) is 33.9 Å². The molecule has 2 amide bonds. The number of halogens is 3. The highest BCUT2D eigenvalue weighted by Gasteiger charge is 2.30. The molecule has 1 saturated heterocycles. The highest BCUT2D eigenvalue weighted by molar-refractivity contribution is 7.19. The van der Waals surface area contributed by atoms with Crippen molar-refractivity contribution in [3.63, 3.8) is 0 Å². The van der Waals surface area contributed by atoms with Crippen molar-refractivity contribution >= 4 is 33.3 Å². The zero-order chi connectivity index (χ0) is 18.7. The van der Waals surface area contributed by atoms with Crippen LogP contribution in [0.1, 0.15) is 25.3 Å². The van der Waals surface area contributed by atoms with Crippen molar-refractivity contribution in [1.82, 2.24) is 10.2 Å². The van der Waals surface area contributed by atoms with E-state index < -0.39 is 17.8 Å². The number of nitrogens with one attached hydrogen (secondary N) is 2. The Kier molecular flexibility index (Phi) is 5.30. The molecule has 140 valence electrons. The van der Waals surface area contributed by atoms with Crippen LogP contribution >= 0.6 is 11.3 Å². The lowest BCUT2D eigenvalue weighted by molar-refractivity contribution is -0.137. The van der Waals surface area contributed by atoms with Gasteiger partial charge >= 0.3 is 12.2 Å². The Morgan fingerprint density at radius 3 is 2.85 bits per heavy atom. The first kappa shape index (κ1) is 18.4. The van der Waals surface area contributed by atoms with Crippen molar-refractivity contribution in [3.8, 4) is 0 Å². The molecular formula is C16H18F3N5OS. The number of hydrogen-bond acceptors (Lipinski definition) is 5. The molecular weight excluding hydrogens is 367 g/mol. The highest BCUT2D eigenvalue weighted by Crippen LogP contribution is 2.31. The lowest BCUT2D eigenvalue weighted by Gasteiger charge is -2.29. The topological polar surface area (TPSA) is 70.2 Å². The van der Waals surface area contributed by atoms with Crippen molar-refractivity contribution in [2.24, 2.45) is 5.92 Å². The lowest BCUT2D eigenvalue weighted by atomic mass is 10.0. The van der Waals surface area contributed by atoms with E-state index in [1.54, 1.807) is 0 Å². The van der Waals surface area contributed by atoms with Crippen LogP contribution in [0.2, 0.25) is 0 Å². The Hall–Kier alpha value is -2.36. The summed E-state index contributed by atoms with van der Waals surface area (Å²) in [6.07, 6.45) is -2.20. The minimum absolute atomic E-state index is 0.0481. The first-order valence-electron chi connectivity index (χ1n) is 8.15. The minimum atomic E-state index is -4.46. The molecule has 0 radical (unpaired) electrons. The molecule has 0 aliphatic carbocycles. The molecule has 1 fully saturated rings. The number of rotatable bonds is 3. The second kappa shape index (κ2) is 7.48. The van der Waals surface area contributed by atoms with Gasteiger partial charge in [-0.05, 0) is 37.0 Å². The predicted molar refractivity (Wildman–Crippen MR) is 94.6 cm³/mol. The Morgan fingerprint density at radius 1 is 1.31 bits per heavy atom. The number of hydrogen-bond donors (Lipinski definition) is 2. The van der Waals surface area contributed by atoms with Gasteiger partial charge in [0.25, 0.3) is 0 Å². The molecule has 3 rings (SSSR count). The van der Waals surface area contributed by atoms with Crippen LogP contribution in [0.5, 0.6) is 0 Å². The lowest BCUT2D eigenvalue weighted by Crippen LogP contribution is -2.34. The molecule has 2 aromatic rings.